The number of nitrogens with one attached hydrogen (secondary N) is 1. The summed E-state index contributed by atoms with van der Waals surface area (Å²) >= 11 is 0. The minimum absolute atomic E-state index is 0.0890. The number of hydrogen-bond donors (Lipinski definition) is 1. The molecule has 0 spiro atoms. The highest BCUT2D eigenvalue weighted by Crippen LogP contribution is 2.18. The van der Waals surface area contributed by atoms with E-state index < -0.39 is 10.0 Å². The number of rotatable bonds is 7. The van der Waals surface area contributed by atoms with E-state index in [2.05, 4.69) is 4.72 Å². The highest BCUT2D eigenvalue weighted by Gasteiger charge is 2.25. The maximum atomic E-state index is 12.5. The molecule has 0 radical (unpaired) electrons. The summed E-state index contributed by atoms with van der Waals surface area (Å²) in [6, 6.07) is 7.43. The summed E-state index contributed by atoms with van der Waals surface area (Å²) in [6.07, 6.45) is 7.21. The molecule has 1 unspecified atom stereocenters. The molecule has 1 aromatic carbocycles. The molecule has 0 aliphatic carbocycles. The molecule has 2 rings (SSSR count). The normalized spacial score (nSPS) is 18.5. The first-order valence-electron chi connectivity index (χ1n) is 8.55. The third-order valence-corrected chi connectivity index (χ3v) is 4.79. The SMILES string of the molecule is CCOc1ccc(C=CC(=O)N2CCCCC2CNS(C)(=O)=O)cc1. The monoisotopic (exact) mass is 366 g/mol. The van der Waals surface area contributed by atoms with Gasteiger partial charge in [0.1, 0.15) is 5.75 Å². The van der Waals surface area contributed by atoms with Crippen molar-refractivity contribution in [2.75, 3.05) is 26.0 Å². The summed E-state index contributed by atoms with van der Waals surface area (Å²) in [5.41, 5.74) is 0.916. The molecular weight excluding hydrogens is 340 g/mol. The molecule has 25 heavy (non-hydrogen) atoms. The Bertz CT molecular complexity index is 698. The predicted octanol–water partition coefficient (Wildman–Crippen LogP) is 2.03. The van der Waals surface area contributed by atoms with E-state index in [1.54, 1.807) is 17.1 Å². The zero-order valence-corrected chi connectivity index (χ0v) is 15.6. The number of ether oxygens (including phenoxy) is 1. The molecule has 0 saturated carbocycles. The Morgan fingerprint density at radius 3 is 2.68 bits per heavy atom. The molecule has 1 fully saturated rings. The third-order valence-electron chi connectivity index (χ3n) is 4.10. The van der Waals surface area contributed by atoms with Gasteiger partial charge < -0.3 is 9.64 Å². The van der Waals surface area contributed by atoms with E-state index in [4.69, 9.17) is 4.74 Å². The van der Waals surface area contributed by atoms with E-state index in [1.165, 1.54) is 0 Å². The number of amides is 1. The second-order valence-electron chi connectivity index (χ2n) is 6.14. The Kier molecular flexibility index (Phi) is 7.01. The lowest BCUT2D eigenvalue weighted by atomic mass is 10.0. The van der Waals surface area contributed by atoms with Crippen LogP contribution in [0.25, 0.3) is 6.08 Å². The van der Waals surface area contributed by atoms with Crippen LogP contribution in [0.5, 0.6) is 5.75 Å². The van der Waals surface area contributed by atoms with E-state index in [0.29, 0.717) is 13.2 Å². The number of sulfonamides is 1. The highest BCUT2D eigenvalue weighted by molar-refractivity contribution is 7.88. The van der Waals surface area contributed by atoms with Gasteiger partial charge in [0.25, 0.3) is 0 Å². The Morgan fingerprint density at radius 2 is 2.04 bits per heavy atom. The standard InChI is InChI=1S/C18H26N2O4S/c1-3-24-17-10-7-15(8-11-17)9-12-18(21)20-13-5-4-6-16(20)14-19-25(2,22)23/h7-12,16,19H,3-6,13-14H2,1-2H3. The van der Waals surface area contributed by atoms with Crippen molar-refractivity contribution in [1.29, 1.82) is 0 Å². The molecule has 1 N–H and O–H groups in total. The fourth-order valence-corrected chi connectivity index (χ4v) is 3.35. The molecule has 1 aliphatic heterocycles. The summed E-state index contributed by atoms with van der Waals surface area (Å²) in [5, 5.41) is 0. The summed E-state index contributed by atoms with van der Waals surface area (Å²) in [7, 11) is -3.25. The fraction of sp³-hybridized carbons (Fsp3) is 0.500. The number of carbonyl (C=O) groups excluding carboxylic acids is 1. The van der Waals surface area contributed by atoms with Crippen LogP contribution >= 0.6 is 0 Å². The van der Waals surface area contributed by atoms with Gasteiger partial charge in [-0.05, 0) is 50.0 Å². The van der Waals surface area contributed by atoms with Gasteiger partial charge in [0, 0.05) is 25.2 Å². The number of benzene rings is 1. The molecule has 0 bridgehead atoms. The second kappa shape index (κ2) is 9.01. The number of likely N-dealkylation sites (tertiary alicyclic amines) is 1. The van der Waals surface area contributed by atoms with Crippen LogP contribution in [-0.4, -0.2) is 51.2 Å². The van der Waals surface area contributed by atoms with E-state index in [1.807, 2.05) is 31.2 Å². The molecule has 138 valence electrons. The lowest BCUT2D eigenvalue weighted by molar-refractivity contribution is -0.129. The lowest BCUT2D eigenvalue weighted by Gasteiger charge is -2.35. The Hall–Kier alpha value is -1.86. The first-order valence-corrected chi connectivity index (χ1v) is 10.4. The average Bonchev–Trinajstić information content (AvgIpc) is 2.59. The van der Waals surface area contributed by atoms with Crippen LogP contribution in [0.3, 0.4) is 0 Å². The number of nitrogens with zero attached hydrogens (tertiary/aromatic N) is 1. The Balaban J connectivity index is 1.98. The van der Waals surface area contributed by atoms with Crippen molar-refractivity contribution < 1.29 is 17.9 Å². The van der Waals surface area contributed by atoms with Gasteiger partial charge in [-0.2, -0.15) is 0 Å². The number of piperidine rings is 1. The molecule has 1 atom stereocenters. The number of carbonyl (C=O) groups is 1. The maximum absolute atomic E-state index is 12.5. The maximum Gasteiger partial charge on any atom is 0.246 e. The van der Waals surface area contributed by atoms with E-state index >= 15 is 0 Å². The largest absolute Gasteiger partial charge is 0.494 e. The third kappa shape index (κ3) is 6.51. The Morgan fingerprint density at radius 1 is 1.32 bits per heavy atom. The van der Waals surface area contributed by atoms with Crippen LogP contribution in [0.15, 0.2) is 30.3 Å². The molecular formula is C18H26N2O4S. The summed E-state index contributed by atoms with van der Waals surface area (Å²) in [5.74, 6) is 0.711. The van der Waals surface area contributed by atoms with Gasteiger partial charge in [-0.3, -0.25) is 4.79 Å². The molecule has 1 saturated heterocycles. The number of hydrogen-bond acceptors (Lipinski definition) is 4. The quantitative estimate of drug-likeness (QED) is 0.749. The van der Waals surface area contributed by atoms with E-state index in [0.717, 1.165) is 36.8 Å². The summed E-state index contributed by atoms with van der Waals surface area (Å²) in [4.78, 5) is 14.3. The second-order valence-corrected chi connectivity index (χ2v) is 7.97. The Labute approximate surface area is 149 Å². The van der Waals surface area contributed by atoms with Gasteiger partial charge in [0.15, 0.2) is 0 Å². The van der Waals surface area contributed by atoms with Crippen molar-refractivity contribution in [2.45, 2.75) is 32.2 Å². The van der Waals surface area contributed by atoms with E-state index in [-0.39, 0.29) is 18.5 Å². The fourth-order valence-electron chi connectivity index (χ4n) is 2.86. The van der Waals surface area contributed by atoms with Crippen molar-refractivity contribution in [3.63, 3.8) is 0 Å². The van der Waals surface area contributed by atoms with Gasteiger partial charge in [-0.1, -0.05) is 12.1 Å². The van der Waals surface area contributed by atoms with Crippen LogP contribution in [0.1, 0.15) is 31.7 Å². The molecule has 1 aliphatic rings. The molecule has 7 heteroatoms. The first-order chi connectivity index (χ1) is 11.9. The van der Waals surface area contributed by atoms with Crippen molar-refractivity contribution >= 4 is 22.0 Å². The van der Waals surface area contributed by atoms with Crippen LogP contribution in [0.2, 0.25) is 0 Å². The van der Waals surface area contributed by atoms with Gasteiger partial charge in [0.05, 0.1) is 12.9 Å². The predicted molar refractivity (Wildman–Crippen MR) is 98.8 cm³/mol. The minimum atomic E-state index is -3.25. The zero-order valence-electron chi connectivity index (χ0n) is 14.8. The van der Waals surface area contributed by atoms with Crippen LogP contribution in [0.4, 0.5) is 0 Å². The van der Waals surface area contributed by atoms with Gasteiger partial charge in [0.2, 0.25) is 15.9 Å². The topological polar surface area (TPSA) is 75.7 Å². The van der Waals surface area contributed by atoms with Crippen LogP contribution in [-0.2, 0) is 14.8 Å². The molecule has 0 aromatic heterocycles. The van der Waals surface area contributed by atoms with Gasteiger partial charge in [-0.25, -0.2) is 13.1 Å². The van der Waals surface area contributed by atoms with Crippen LogP contribution in [0, 0.1) is 0 Å². The minimum Gasteiger partial charge on any atom is -0.494 e. The van der Waals surface area contributed by atoms with Gasteiger partial charge in [-0.15, -0.1) is 0 Å². The van der Waals surface area contributed by atoms with Crippen molar-refractivity contribution in [2.24, 2.45) is 0 Å². The summed E-state index contributed by atoms with van der Waals surface area (Å²) < 4.78 is 30.5. The zero-order chi connectivity index (χ0) is 18.3. The summed E-state index contributed by atoms with van der Waals surface area (Å²) in [6.45, 7) is 3.47. The molecule has 1 amide bonds. The van der Waals surface area contributed by atoms with Crippen molar-refractivity contribution in [1.82, 2.24) is 9.62 Å². The van der Waals surface area contributed by atoms with Crippen LogP contribution < -0.4 is 9.46 Å². The molecule has 1 heterocycles. The van der Waals surface area contributed by atoms with Crippen molar-refractivity contribution in [3.05, 3.63) is 35.9 Å². The van der Waals surface area contributed by atoms with E-state index in [9.17, 15) is 13.2 Å². The van der Waals surface area contributed by atoms with Gasteiger partial charge >= 0.3 is 0 Å². The molecule has 6 nitrogen and oxygen atoms in total. The lowest BCUT2D eigenvalue weighted by Crippen LogP contribution is -2.48. The van der Waals surface area contributed by atoms with Crippen molar-refractivity contribution in [3.8, 4) is 5.75 Å². The average molecular weight is 366 g/mol. The first kappa shape index (κ1) is 19.5. The smallest absolute Gasteiger partial charge is 0.246 e. The molecule has 1 aromatic rings. The highest BCUT2D eigenvalue weighted by atomic mass is 32.2.